The summed E-state index contributed by atoms with van der Waals surface area (Å²) in [5, 5.41) is 13.2. The highest BCUT2D eigenvalue weighted by atomic mass is 32.1. The standard InChI is InChI=1S/C13H11FN2O3S/c1-7-2-3-8(4-9(7)14)12(17)15-5-11-16-10(6-20-11)13(18)19/h2-4,6H,5H2,1H3,(H,15,17)(H,18,19). The largest absolute Gasteiger partial charge is 0.476 e. The van der Waals surface area contributed by atoms with Crippen LogP contribution in [0.1, 0.15) is 31.4 Å². The lowest BCUT2D eigenvalue weighted by molar-refractivity contribution is 0.0691. The Morgan fingerprint density at radius 2 is 2.20 bits per heavy atom. The van der Waals surface area contributed by atoms with Gasteiger partial charge in [0.15, 0.2) is 5.69 Å². The number of aryl methyl sites for hydroxylation is 1. The van der Waals surface area contributed by atoms with E-state index in [0.29, 0.717) is 10.6 Å². The minimum Gasteiger partial charge on any atom is -0.476 e. The number of benzene rings is 1. The molecule has 0 aliphatic carbocycles. The predicted molar refractivity (Wildman–Crippen MR) is 71.4 cm³/mol. The highest BCUT2D eigenvalue weighted by molar-refractivity contribution is 7.09. The minimum atomic E-state index is -1.11. The Balaban J connectivity index is 2.00. The molecule has 0 unspecified atom stereocenters. The Bertz CT molecular complexity index is 669. The summed E-state index contributed by atoms with van der Waals surface area (Å²) in [6, 6.07) is 4.21. The van der Waals surface area contributed by atoms with Crippen LogP contribution >= 0.6 is 11.3 Å². The Labute approximate surface area is 118 Å². The number of nitrogens with zero attached hydrogens (tertiary/aromatic N) is 1. The molecule has 2 N–H and O–H groups in total. The van der Waals surface area contributed by atoms with Gasteiger partial charge in [0.2, 0.25) is 0 Å². The first-order valence-corrected chi connectivity index (χ1v) is 6.57. The first-order valence-electron chi connectivity index (χ1n) is 5.69. The number of carboxylic acid groups (broad SMARTS) is 1. The molecule has 0 atom stereocenters. The van der Waals surface area contributed by atoms with Crippen molar-refractivity contribution in [3.8, 4) is 0 Å². The molecule has 20 heavy (non-hydrogen) atoms. The normalized spacial score (nSPS) is 10.3. The van der Waals surface area contributed by atoms with E-state index < -0.39 is 17.7 Å². The molecule has 0 saturated carbocycles. The van der Waals surface area contributed by atoms with Crippen LogP contribution in [0.4, 0.5) is 4.39 Å². The molecular weight excluding hydrogens is 283 g/mol. The van der Waals surface area contributed by atoms with E-state index in [-0.39, 0.29) is 17.8 Å². The Morgan fingerprint density at radius 1 is 1.45 bits per heavy atom. The number of aromatic nitrogens is 1. The van der Waals surface area contributed by atoms with Gasteiger partial charge in [-0.15, -0.1) is 11.3 Å². The highest BCUT2D eigenvalue weighted by Crippen LogP contribution is 2.11. The fourth-order valence-corrected chi connectivity index (χ4v) is 2.19. The summed E-state index contributed by atoms with van der Waals surface area (Å²) in [5.41, 5.74) is 0.622. The maximum atomic E-state index is 13.3. The van der Waals surface area contributed by atoms with Gasteiger partial charge in [-0.1, -0.05) is 6.07 Å². The van der Waals surface area contributed by atoms with Crippen molar-refractivity contribution in [3.05, 3.63) is 51.2 Å². The monoisotopic (exact) mass is 294 g/mol. The van der Waals surface area contributed by atoms with E-state index in [2.05, 4.69) is 10.3 Å². The van der Waals surface area contributed by atoms with E-state index in [9.17, 15) is 14.0 Å². The third kappa shape index (κ3) is 3.18. The van der Waals surface area contributed by atoms with Gasteiger partial charge in [-0.3, -0.25) is 4.79 Å². The fourth-order valence-electron chi connectivity index (χ4n) is 1.48. The molecule has 2 rings (SSSR count). The number of hydrogen-bond acceptors (Lipinski definition) is 4. The van der Waals surface area contributed by atoms with Crippen LogP contribution in [0, 0.1) is 12.7 Å². The molecule has 104 valence electrons. The van der Waals surface area contributed by atoms with Crippen LogP contribution in [0.25, 0.3) is 0 Å². The van der Waals surface area contributed by atoms with Crippen LogP contribution in [0.15, 0.2) is 23.6 Å². The number of nitrogens with one attached hydrogen (secondary N) is 1. The van der Waals surface area contributed by atoms with E-state index in [4.69, 9.17) is 5.11 Å². The molecule has 0 radical (unpaired) electrons. The highest BCUT2D eigenvalue weighted by Gasteiger charge is 2.11. The second kappa shape index (κ2) is 5.79. The number of carbonyl (C=O) groups excluding carboxylic acids is 1. The third-order valence-electron chi connectivity index (χ3n) is 2.61. The number of aromatic carboxylic acids is 1. The molecule has 7 heteroatoms. The fraction of sp³-hybridized carbons (Fsp3) is 0.154. The second-order valence-electron chi connectivity index (χ2n) is 4.08. The molecule has 1 aromatic heterocycles. The second-order valence-corrected chi connectivity index (χ2v) is 5.02. The van der Waals surface area contributed by atoms with E-state index in [1.807, 2.05) is 0 Å². The summed E-state index contributed by atoms with van der Waals surface area (Å²) in [6.07, 6.45) is 0. The van der Waals surface area contributed by atoms with E-state index in [1.54, 1.807) is 6.92 Å². The summed E-state index contributed by atoms with van der Waals surface area (Å²) >= 11 is 1.14. The van der Waals surface area contributed by atoms with Crippen molar-refractivity contribution in [2.45, 2.75) is 13.5 Å². The van der Waals surface area contributed by atoms with Crippen LogP contribution in [0.5, 0.6) is 0 Å². The average Bonchev–Trinajstić information content (AvgIpc) is 2.88. The molecule has 0 spiro atoms. The van der Waals surface area contributed by atoms with E-state index in [0.717, 1.165) is 17.4 Å². The zero-order valence-corrected chi connectivity index (χ0v) is 11.3. The predicted octanol–water partition coefficient (Wildman–Crippen LogP) is 2.22. The van der Waals surface area contributed by atoms with Gasteiger partial charge in [0.1, 0.15) is 10.8 Å². The number of halogens is 1. The van der Waals surface area contributed by atoms with E-state index >= 15 is 0 Å². The molecule has 0 saturated heterocycles. The first kappa shape index (κ1) is 14.1. The molecule has 0 aliphatic rings. The van der Waals surface area contributed by atoms with Gasteiger partial charge in [-0.2, -0.15) is 0 Å². The zero-order chi connectivity index (χ0) is 14.7. The van der Waals surface area contributed by atoms with Gasteiger partial charge < -0.3 is 10.4 Å². The Hall–Kier alpha value is -2.28. The summed E-state index contributed by atoms with van der Waals surface area (Å²) in [7, 11) is 0. The number of carbonyl (C=O) groups is 2. The Morgan fingerprint density at radius 3 is 2.80 bits per heavy atom. The third-order valence-corrected chi connectivity index (χ3v) is 3.45. The van der Waals surface area contributed by atoms with Crippen LogP contribution in [0.2, 0.25) is 0 Å². The molecular formula is C13H11FN2O3S. The minimum absolute atomic E-state index is 0.0550. The molecule has 1 amide bonds. The van der Waals surface area contributed by atoms with Crippen molar-refractivity contribution >= 4 is 23.2 Å². The van der Waals surface area contributed by atoms with Crippen LogP contribution < -0.4 is 5.32 Å². The van der Waals surface area contributed by atoms with Crippen LogP contribution in [0.3, 0.4) is 0 Å². The molecule has 0 bridgehead atoms. The van der Waals surface area contributed by atoms with Gasteiger partial charge >= 0.3 is 5.97 Å². The Kier molecular flexibility index (Phi) is 4.09. The van der Waals surface area contributed by atoms with Gasteiger partial charge in [0.25, 0.3) is 5.91 Å². The molecule has 1 aromatic carbocycles. The van der Waals surface area contributed by atoms with E-state index in [1.165, 1.54) is 17.5 Å². The molecule has 2 aromatic rings. The smallest absolute Gasteiger partial charge is 0.355 e. The first-order chi connectivity index (χ1) is 9.47. The van der Waals surface area contributed by atoms with Crippen molar-refractivity contribution in [2.24, 2.45) is 0 Å². The molecule has 1 heterocycles. The van der Waals surface area contributed by atoms with Crippen molar-refractivity contribution in [1.82, 2.24) is 10.3 Å². The lowest BCUT2D eigenvalue weighted by Crippen LogP contribution is -2.23. The van der Waals surface area contributed by atoms with Crippen molar-refractivity contribution in [3.63, 3.8) is 0 Å². The van der Waals surface area contributed by atoms with Gasteiger partial charge in [0.05, 0.1) is 6.54 Å². The number of rotatable bonds is 4. The number of hydrogen-bond donors (Lipinski definition) is 2. The zero-order valence-electron chi connectivity index (χ0n) is 10.5. The van der Waals surface area contributed by atoms with Crippen molar-refractivity contribution in [1.29, 1.82) is 0 Å². The topological polar surface area (TPSA) is 79.3 Å². The number of carboxylic acids is 1. The van der Waals surface area contributed by atoms with Gasteiger partial charge in [0, 0.05) is 10.9 Å². The number of amides is 1. The average molecular weight is 294 g/mol. The summed E-state index contributed by atoms with van der Waals surface area (Å²) in [4.78, 5) is 26.3. The van der Waals surface area contributed by atoms with Crippen LogP contribution in [-0.4, -0.2) is 22.0 Å². The summed E-state index contributed by atoms with van der Waals surface area (Å²) < 4.78 is 13.3. The quantitative estimate of drug-likeness (QED) is 0.906. The lowest BCUT2D eigenvalue weighted by atomic mass is 10.1. The molecule has 0 fully saturated rings. The maximum absolute atomic E-state index is 13.3. The van der Waals surface area contributed by atoms with Gasteiger partial charge in [-0.05, 0) is 24.6 Å². The summed E-state index contributed by atoms with van der Waals surface area (Å²) in [6.45, 7) is 1.71. The van der Waals surface area contributed by atoms with Crippen molar-refractivity contribution in [2.75, 3.05) is 0 Å². The maximum Gasteiger partial charge on any atom is 0.355 e. The molecule has 0 aliphatic heterocycles. The SMILES string of the molecule is Cc1ccc(C(=O)NCc2nc(C(=O)O)cs2)cc1F. The summed E-state index contributed by atoms with van der Waals surface area (Å²) in [5.74, 6) is -1.99. The van der Waals surface area contributed by atoms with Gasteiger partial charge in [-0.25, -0.2) is 14.2 Å². The lowest BCUT2D eigenvalue weighted by Gasteiger charge is -2.04. The molecule has 5 nitrogen and oxygen atoms in total. The van der Waals surface area contributed by atoms with Crippen LogP contribution in [-0.2, 0) is 6.54 Å². The van der Waals surface area contributed by atoms with Crippen molar-refractivity contribution < 1.29 is 19.1 Å². The number of thiazole rings is 1.